The van der Waals surface area contributed by atoms with Crippen molar-refractivity contribution in [1.29, 1.82) is 0 Å². The highest BCUT2D eigenvalue weighted by Gasteiger charge is 2.08. The third-order valence-electron chi connectivity index (χ3n) is 2.81. The number of benzene rings is 2. The molecule has 0 unspecified atom stereocenters. The highest BCUT2D eigenvalue weighted by atomic mass is 35.5. The topological polar surface area (TPSA) is 25.8 Å². The first-order valence-electron chi connectivity index (χ1n) is 5.89. The molecule has 0 aliphatic rings. The van der Waals surface area contributed by atoms with E-state index in [4.69, 9.17) is 11.6 Å². The highest BCUT2D eigenvalue weighted by molar-refractivity contribution is 7.99. The van der Waals surface area contributed by atoms with Crippen molar-refractivity contribution in [1.82, 2.24) is 10.2 Å². The van der Waals surface area contributed by atoms with E-state index in [0.717, 1.165) is 20.7 Å². The molecule has 19 heavy (non-hydrogen) atoms. The molecule has 0 amide bonds. The smallest absolute Gasteiger partial charge is 0.142 e. The zero-order valence-corrected chi connectivity index (χ0v) is 11.9. The molecule has 1 heterocycles. The van der Waals surface area contributed by atoms with Gasteiger partial charge in [0.25, 0.3) is 0 Å². The quantitative estimate of drug-likeness (QED) is 0.680. The molecule has 0 spiro atoms. The van der Waals surface area contributed by atoms with Gasteiger partial charge in [-0.1, -0.05) is 65.3 Å². The Morgan fingerprint density at radius 1 is 0.947 bits per heavy atom. The van der Waals surface area contributed by atoms with Crippen molar-refractivity contribution in [3.8, 4) is 0 Å². The molecule has 0 atom stereocenters. The molecule has 0 aliphatic heterocycles. The fourth-order valence-electron chi connectivity index (χ4n) is 1.91. The van der Waals surface area contributed by atoms with Crippen molar-refractivity contribution in [2.45, 2.75) is 16.8 Å². The maximum atomic E-state index is 6.07. The van der Waals surface area contributed by atoms with Crippen LogP contribution >= 0.6 is 23.4 Å². The summed E-state index contributed by atoms with van der Waals surface area (Å²) in [6.07, 6.45) is 0. The average Bonchev–Trinajstić information content (AvgIpc) is 2.42. The van der Waals surface area contributed by atoms with Gasteiger partial charge in [0.05, 0.1) is 0 Å². The van der Waals surface area contributed by atoms with Crippen LogP contribution in [0.15, 0.2) is 58.5 Å². The second-order valence-electron chi connectivity index (χ2n) is 4.26. The summed E-state index contributed by atoms with van der Waals surface area (Å²) in [6.45, 7) is 2.08. The summed E-state index contributed by atoms with van der Waals surface area (Å²) in [7, 11) is 0. The Morgan fingerprint density at radius 2 is 1.74 bits per heavy atom. The third-order valence-corrected chi connectivity index (χ3v) is 4.08. The first-order chi connectivity index (χ1) is 9.24. The number of fused-ring (bicyclic) bond motifs is 1. The molecule has 3 rings (SSSR count). The van der Waals surface area contributed by atoms with E-state index in [1.165, 1.54) is 5.56 Å². The number of nitrogens with zero attached hydrogens (tertiary/aromatic N) is 2. The van der Waals surface area contributed by atoms with Gasteiger partial charge in [0.2, 0.25) is 0 Å². The molecule has 94 valence electrons. The fraction of sp³-hybridized carbons (Fsp3) is 0.0667. The van der Waals surface area contributed by atoms with Crippen molar-refractivity contribution < 1.29 is 0 Å². The van der Waals surface area contributed by atoms with Crippen LogP contribution in [0.5, 0.6) is 0 Å². The van der Waals surface area contributed by atoms with Crippen LogP contribution in [0.1, 0.15) is 5.56 Å². The molecule has 0 aliphatic carbocycles. The number of aryl methyl sites for hydroxylation is 1. The van der Waals surface area contributed by atoms with Crippen molar-refractivity contribution in [3.05, 3.63) is 59.2 Å². The third kappa shape index (κ3) is 2.57. The molecule has 0 fully saturated rings. The summed E-state index contributed by atoms with van der Waals surface area (Å²) in [5.74, 6) is 0. The molecule has 0 saturated heterocycles. The second-order valence-corrected chi connectivity index (χ2v) is 5.68. The van der Waals surface area contributed by atoms with E-state index in [1.54, 1.807) is 11.8 Å². The van der Waals surface area contributed by atoms with Crippen LogP contribution in [0.25, 0.3) is 10.8 Å². The van der Waals surface area contributed by atoms with E-state index in [9.17, 15) is 0 Å². The Balaban J connectivity index is 2.09. The predicted octanol–water partition coefficient (Wildman–Crippen LogP) is 4.74. The van der Waals surface area contributed by atoms with Gasteiger partial charge in [-0.15, -0.1) is 10.2 Å². The summed E-state index contributed by atoms with van der Waals surface area (Å²) in [5.41, 5.74) is 1.23. The maximum Gasteiger partial charge on any atom is 0.159 e. The van der Waals surface area contributed by atoms with Crippen LogP contribution in [-0.2, 0) is 0 Å². The summed E-state index contributed by atoms with van der Waals surface area (Å²) < 4.78 is 0. The molecular formula is C15H11ClN2S. The van der Waals surface area contributed by atoms with Crippen LogP contribution in [0.4, 0.5) is 0 Å². The van der Waals surface area contributed by atoms with E-state index >= 15 is 0 Å². The highest BCUT2D eigenvalue weighted by Crippen LogP contribution is 2.33. The van der Waals surface area contributed by atoms with Crippen LogP contribution < -0.4 is 0 Å². The van der Waals surface area contributed by atoms with Gasteiger partial charge in [-0.3, -0.25) is 0 Å². The minimum Gasteiger partial charge on any atom is -0.142 e. The van der Waals surface area contributed by atoms with Crippen molar-refractivity contribution in [2.75, 3.05) is 0 Å². The van der Waals surface area contributed by atoms with Gasteiger partial charge in [-0.25, -0.2) is 0 Å². The number of rotatable bonds is 2. The van der Waals surface area contributed by atoms with E-state index < -0.39 is 0 Å². The molecule has 0 bridgehead atoms. The van der Waals surface area contributed by atoms with Gasteiger partial charge in [0, 0.05) is 15.7 Å². The Kier molecular flexibility index (Phi) is 3.40. The lowest BCUT2D eigenvalue weighted by molar-refractivity contribution is 0.956. The van der Waals surface area contributed by atoms with Gasteiger partial charge in [0.15, 0.2) is 5.15 Å². The number of hydrogen-bond acceptors (Lipinski definition) is 3. The molecule has 1 aromatic heterocycles. The van der Waals surface area contributed by atoms with Crippen LogP contribution in [0, 0.1) is 6.92 Å². The standard InChI is InChI=1S/C15H11ClN2S/c1-10-5-4-6-11(9-10)19-15-13-8-3-2-7-12(13)14(16)17-18-15/h2-9H,1H3. The van der Waals surface area contributed by atoms with Crippen LogP contribution in [0.2, 0.25) is 5.15 Å². The average molecular weight is 287 g/mol. The summed E-state index contributed by atoms with van der Waals surface area (Å²) in [4.78, 5) is 1.15. The van der Waals surface area contributed by atoms with Gasteiger partial charge in [-0.2, -0.15) is 0 Å². The normalized spacial score (nSPS) is 10.8. The minimum atomic E-state index is 0.448. The molecule has 0 radical (unpaired) electrons. The van der Waals surface area contributed by atoms with E-state index in [1.807, 2.05) is 30.3 Å². The Morgan fingerprint density at radius 3 is 2.53 bits per heavy atom. The largest absolute Gasteiger partial charge is 0.159 e. The van der Waals surface area contributed by atoms with E-state index in [2.05, 4.69) is 35.3 Å². The van der Waals surface area contributed by atoms with Crippen LogP contribution in [-0.4, -0.2) is 10.2 Å². The molecular weight excluding hydrogens is 276 g/mol. The Bertz CT molecular complexity index is 743. The summed E-state index contributed by atoms with van der Waals surface area (Å²) in [5, 5.41) is 11.5. The Labute approximate surface area is 120 Å². The number of aromatic nitrogens is 2. The van der Waals surface area contributed by atoms with Crippen molar-refractivity contribution >= 4 is 34.1 Å². The number of hydrogen-bond donors (Lipinski definition) is 0. The van der Waals surface area contributed by atoms with Gasteiger partial charge in [-0.05, 0) is 19.1 Å². The molecule has 0 saturated carbocycles. The molecule has 4 heteroatoms. The van der Waals surface area contributed by atoms with E-state index in [0.29, 0.717) is 5.15 Å². The lowest BCUT2D eigenvalue weighted by Crippen LogP contribution is -1.89. The van der Waals surface area contributed by atoms with Crippen molar-refractivity contribution in [2.24, 2.45) is 0 Å². The lowest BCUT2D eigenvalue weighted by atomic mass is 10.2. The fourth-order valence-corrected chi connectivity index (χ4v) is 3.10. The second kappa shape index (κ2) is 5.19. The van der Waals surface area contributed by atoms with Gasteiger partial charge >= 0.3 is 0 Å². The Hall–Kier alpha value is -1.58. The zero-order valence-electron chi connectivity index (χ0n) is 10.3. The molecule has 2 aromatic carbocycles. The molecule has 3 aromatic rings. The predicted molar refractivity (Wildman–Crippen MR) is 79.9 cm³/mol. The molecule has 0 N–H and O–H groups in total. The first kappa shape index (κ1) is 12.5. The zero-order chi connectivity index (χ0) is 13.2. The monoisotopic (exact) mass is 286 g/mol. The minimum absolute atomic E-state index is 0.448. The first-order valence-corrected chi connectivity index (χ1v) is 7.09. The maximum absolute atomic E-state index is 6.07. The van der Waals surface area contributed by atoms with Crippen LogP contribution in [0.3, 0.4) is 0 Å². The van der Waals surface area contributed by atoms with Gasteiger partial charge < -0.3 is 0 Å². The number of halogens is 1. The SMILES string of the molecule is Cc1cccc(Sc2nnc(Cl)c3ccccc23)c1. The van der Waals surface area contributed by atoms with Gasteiger partial charge in [0.1, 0.15) is 5.03 Å². The summed E-state index contributed by atoms with van der Waals surface area (Å²) >= 11 is 7.68. The van der Waals surface area contributed by atoms with Crippen molar-refractivity contribution in [3.63, 3.8) is 0 Å². The lowest BCUT2D eigenvalue weighted by Gasteiger charge is -2.06. The van der Waals surface area contributed by atoms with E-state index in [-0.39, 0.29) is 0 Å². The molecule has 2 nitrogen and oxygen atoms in total. The summed E-state index contributed by atoms with van der Waals surface area (Å²) in [6, 6.07) is 16.3.